The third-order valence-corrected chi connectivity index (χ3v) is 3.33. The number of anilines is 1. The lowest BCUT2D eigenvalue weighted by Crippen LogP contribution is -2.54. The molecule has 0 aromatic heterocycles. The third kappa shape index (κ3) is 2.05. The lowest BCUT2D eigenvalue weighted by Gasteiger charge is -2.31. The van der Waals surface area contributed by atoms with Gasteiger partial charge in [0.1, 0.15) is 5.54 Å². The largest absolute Gasteiger partial charge is 0.464 e. The van der Waals surface area contributed by atoms with Gasteiger partial charge in [0.15, 0.2) is 0 Å². The number of ether oxygens (including phenoxy) is 2. The molecule has 0 saturated heterocycles. The second-order valence-electron chi connectivity index (χ2n) is 4.61. The molecular weight excluding hydrogens is 246 g/mol. The number of carbonyl (C=O) groups excluding carboxylic acids is 2. The fourth-order valence-electron chi connectivity index (χ4n) is 2.44. The summed E-state index contributed by atoms with van der Waals surface area (Å²) in [6, 6.07) is 7.41. The van der Waals surface area contributed by atoms with E-state index in [4.69, 9.17) is 9.47 Å². The molecule has 102 valence electrons. The minimum atomic E-state index is -1.05. The van der Waals surface area contributed by atoms with E-state index in [-0.39, 0.29) is 6.61 Å². The van der Waals surface area contributed by atoms with E-state index in [2.05, 4.69) is 0 Å². The molecule has 1 aliphatic heterocycles. The lowest BCUT2D eigenvalue weighted by molar-refractivity contribution is -0.148. The highest BCUT2D eigenvalue weighted by molar-refractivity contribution is 6.01. The van der Waals surface area contributed by atoms with E-state index in [9.17, 15) is 9.59 Å². The van der Waals surface area contributed by atoms with Crippen molar-refractivity contribution in [2.45, 2.75) is 25.8 Å². The maximum atomic E-state index is 12.2. The molecule has 0 bridgehead atoms. The van der Waals surface area contributed by atoms with Crippen LogP contribution in [0, 0.1) is 0 Å². The Kier molecular flexibility index (Phi) is 3.46. The van der Waals surface area contributed by atoms with Crippen LogP contribution in [0.4, 0.5) is 10.5 Å². The monoisotopic (exact) mass is 263 g/mol. The number of esters is 1. The van der Waals surface area contributed by atoms with Crippen molar-refractivity contribution in [2.24, 2.45) is 0 Å². The number of rotatable bonds is 2. The highest BCUT2D eigenvalue weighted by Gasteiger charge is 2.50. The van der Waals surface area contributed by atoms with Crippen LogP contribution in [0.1, 0.15) is 19.4 Å². The number of para-hydroxylation sites is 1. The van der Waals surface area contributed by atoms with Crippen molar-refractivity contribution in [1.29, 1.82) is 0 Å². The third-order valence-electron chi connectivity index (χ3n) is 3.33. The van der Waals surface area contributed by atoms with Crippen LogP contribution in [0.3, 0.4) is 0 Å². The fraction of sp³-hybridized carbons (Fsp3) is 0.429. The lowest BCUT2D eigenvalue weighted by atomic mass is 9.97. The van der Waals surface area contributed by atoms with E-state index in [1.54, 1.807) is 19.9 Å². The number of carbonyl (C=O) groups is 2. The van der Waals surface area contributed by atoms with Gasteiger partial charge in [0.25, 0.3) is 0 Å². The van der Waals surface area contributed by atoms with Gasteiger partial charge in [-0.1, -0.05) is 18.2 Å². The van der Waals surface area contributed by atoms with E-state index in [1.807, 2.05) is 18.2 Å². The first-order chi connectivity index (χ1) is 9.04. The Morgan fingerprint density at radius 2 is 2.05 bits per heavy atom. The van der Waals surface area contributed by atoms with E-state index >= 15 is 0 Å². The Bertz CT molecular complexity index is 514. The molecule has 0 spiro atoms. The highest BCUT2D eigenvalue weighted by atomic mass is 16.6. The summed E-state index contributed by atoms with van der Waals surface area (Å²) in [7, 11) is 1.30. The van der Waals surface area contributed by atoms with Crippen LogP contribution in [0.5, 0.6) is 0 Å². The average molecular weight is 263 g/mol. The van der Waals surface area contributed by atoms with Crippen LogP contribution in [0.2, 0.25) is 0 Å². The minimum absolute atomic E-state index is 0.278. The van der Waals surface area contributed by atoms with Gasteiger partial charge in [-0.2, -0.15) is 0 Å². The van der Waals surface area contributed by atoms with Gasteiger partial charge in [0, 0.05) is 6.42 Å². The van der Waals surface area contributed by atoms with E-state index in [0.29, 0.717) is 12.1 Å². The van der Waals surface area contributed by atoms with Crippen LogP contribution < -0.4 is 4.90 Å². The van der Waals surface area contributed by atoms with Gasteiger partial charge in [0.05, 0.1) is 19.4 Å². The van der Waals surface area contributed by atoms with Crippen LogP contribution in [-0.4, -0.2) is 31.3 Å². The van der Waals surface area contributed by atoms with Gasteiger partial charge in [-0.3, -0.25) is 4.90 Å². The first-order valence-corrected chi connectivity index (χ1v) is 6.18. The molecule has 5 heteroatoms. The number of methoxy groups -OCH3 is 1. The summed E-state index contributed by atoms with van der Waals surface area (Å²) in [4.78, 5) is 25.6. The predicted octanol–water partition coefficient (Wildman–Crippen LogP) is 2.14. The Labute approximate surface area is 112 Å². The zero-order chi connectivity index (χ0) is 14.0. The van der Waals surface area contributed by atoms with Gasteiger partial charge in [-0.25, -0.2) is 9.59 Å². The molecule has 5 nitrogen and oxygen atoms in total. The second-order valence-corrected chi connectivity index (χ2v) is 4.61. The molecule has 1 aromatic carbocycles. The number of nitrogens with zero attached hydrogens (tertiary/aromatic N) is 1. The summed E-state index contributed by atoms with van der Waals surface area (Å²) in [5.74, 6) is -0.420. The van der Waals surface area contributed by atoms with Crippen molar-refractivity contribution in [2.75, 3.05) is 18.6 Å². The highest BCUT2D eigenvalue weighted by Crippen LogP contribution is 2.39. The van der Waals surface area contributed by atoms with Gasteiger partial charge < -0.3 is 9.47 Å². The minimum Gasteiger partial charge on any atom is -0.464 e. The first-order valence-electron chi connectivity index (χ1n) is 6.18. The number of fused-ring (bicyclic) bond motifs is 1. The van der Waals surface area contributed by atoms with Crippen molar-refractivity contribution in [3.8, 4) is 0 Å². The van der Waals surface area contributed by atoms with Gasteiger partial charge in [0.2, 0.25) is 0 Å². The van der Waals surface area contributed by atoms with Crippen molar-refractivity contribution >= 4 is 17.7 Å². The predicted molar refractivity (Wildman–Crippen MR) is 70.1 cm³/mol. The molecule has 0 unspecified atom stereocenters. The molecule has 0 fully saturated rings. The topological polar surface area (TPSA) is 55.8 Å². The van der Waals surface area contributed by atoms with E-state index < -0.39 is 17.6 Å². The second kappa shape index (κ2) is 4.91. The van der Waals surface area contributed by atoms with Gasteiger partial charge in [-0.15, -0.1) is 0 Å². The van der Waals surface area contributed by atoms with Crippen LogP contribution in [0.15, 0.2) is 24.3 Å². The summed E-state index contributed by atoms with van der Waals surface area (Å²) < 4.78 is 9.89. The van der Waals surface area contributed by atoms with Gasteiger partial charge >= 0.3 is 12.1 Å². The average Bonchev–Trinajstić information content (AvgIpc) is 2.71. The van der Waals surface area contributed by atoms with Crippen LogP contribution in [0.25, 0.3) is 0 Å². The Hall–Kier alpha value is -2.04. The molecule has 2 rings (SSSR count). The molecular formula is C14H17NO4. The van der Waals surface area contributed by atoms with Crippen molar-refractivity contribution in [3.05, 3.63) is 29.8 Å². The summed E-state index contributed by atoms with van der Waals surface area (Å²) in [6.07, 6.45) is -0.127. The van der Waals surface area contributed by atoms with Gasteiger partial charge in [-0.05, 0) is 25.5 Å². The van der Waals surface area contributed by atoms with Crippen LogP contribution in [-0.2, 0) is 20.7 Å². The molecule has 1 aromatic rings. The van der Waals surface area contributed by atoms with E-state index in [0.717, 1.165) is 5.56 Å². The number of amides is 1. The summed E-state index contributed by atoms with van der Waals surface area (Å²) in [5.41, 5.74) is 0.584. The molecule has 1 atom stereocenters. The van der Waals surface area contributed by atoms with Crippen LogP contribution >= 0.6 is 0 Å². The van der Waals surface area contributed by atoms with Crippen molar-refractivity contribution in [3.63, 3.8) is 0 Å². The molecule has 0 radical (unpaired) electrons. The normalized spacial score (nSPS) is 20.9. The molecule has 0 aliphatic carbocycles. The first kappa shape index (κ1) is 13.4. The molecule has 1 heterocycles. The molecule has 1 amide bonds. The summed E-state index contributed by atoms with van der Waals surface area (Å²) in [6.45, 7) is 3.72. The van der Waals surface area contributed by atoms with E-state index in [1.165, 1.54) is 12.0 Å². The number of benzene rings is 1. The molecule has 0 saturated carbocycles. The number of hydrogen-bond donors (Lipinski definition) is 0. The zero-order valence-electron chi connectivity index (χ0n) is 11.3. The maximum Gasteiger partial charge on any atom is 0.415 e. The SMILES string of the molecule is CCOC(=O)[C@]1(C)Cc2ccccc2N1C(=O)OC. The standard InChI is InChI=1S/C14H17NO4/c1-4-19-12(16)14(2)9-10-7-5-6-8-11(10)15(14)13(17)18-3/h5-8H,4,9H2,1-3H3/t14-/m0/s1. The van der Waals surface area contributed by atoms with Crippen molar-refractivity contribution in [1.82, 2.24) is 0 Å². The summed E-state index contributed by atoms with van der Waals surface area (Å²) >= 11 is 0. The smallest absolute Gasteiger partial charge is 0.415 e. The molecule has 0 N–H and O–H groups in total. The fourth-order valence-corrected chi connectivity index (χ4v) is 2.44. The van der Waals surface area contributed by atoms with Crippen molar-refractivity contribution < 1.29 is 19.1 Å². The Balaban J connectivity index is 2.46. The molecule has 19 heavy (non-hydrogen) atoms. The Morgan fingerprint density at radius 3 is 2.68 bits per heavy atom. The summed E-state index contributed by atoms with van der Waals surface area (Å²) in [5, 5.41) is 0. The quantitative estimate of drug-likeness (QED) is 0.767. The molecule has 1 aliphatic rings. The number of hydrogen-bond acceptors (Lipinski definition) is 4. The Morgan fingerprint density at radius 1 is 1.37 bits per heavy atom. The zero-order valence-corrected chi connectivity index (χ0v) is 11.3. The maximum absolute atomic E-state index is 12.2.